The minimum absolute atomic E-state index is 0.303. The van der Waals surface area contributed by atoms with E-state index in [9.17, 15) is 0 Å². The second-order valence-electron chi connectivity index (χ2n) is 2.62. The largest absolute Gasteiger partial charge is 0.396 e. The van der Waals surface area contributed by atoms with Crippen LogP contribution in [0, 0.1) is 5.92 Å². The lowest BCUT2D eigenvalue weighted by atomic mass is 10.0. The minimum Gasteiger partial charge on any atom is -0.396 e. The third kappa shape index (κ3) is 4.77. The summed E-state index contributed by atoms with van der Waals surface area (Å²) in [5.74, 6) is 0.449. The summed E-state index contributed by atoms with van der Waals surface area (Å²) >= 11 is 0. The molecular formula is C8H18O2. The fraction of sp³-hybridized carbons (Fsp3) is 1.00. The first-order valence-electron chi connectivity index (χ1n) is 3.95. The smallest absolute Gasteiger partial charge is 0.0465 e. The van der Waals surface area contributed by atoms with Gasteiger partial charge in [0.25, 0.3) is 0 Å². The van der Waals surface area contributed by atoms with Gasteiger partial charge in [0.05, 0.1) is 0 Å². The summed E-state index contributed by atoms with van der Waals surface area (Å²) in [5, 5.41) is 8.83. The van der Waals surface area contributed by atoms with Gasteiger partial charge in [-0.15, -0.1) is 0 Å². The number of ether oxygens (including phenoxy) is 1. The monoisotopic (exact) mass is 146 g/mol. The van der Waals surface area contributed by atoms with Gasteiger partial charge in [-0.3, -0.25) is 0 Å². The molecule has 0 amide bonds. The lowest BCUT2D eigenvalue weighted by molar-refractivity contribution is 0.143. The van der Waals surface area contributed by atoms with Crippen molar-refractivity contribution in [3.05, 3.63) is 0 Å². The van der Waals surface area contributed by atoms with Gasteiger partial charge in [0.15, 0.2) is 0 Å². The Morgan fingerprint density at radius 3 is 2.50 bits per heavy atom. The zero-order chi connectivity index (χ0) is 7.82. The van der Waals surface area contributed by atoms with Crippen molar-refractivity contribution in [3.63, 3.8) is 0 Å². The summed E-state index contributed by atoms with van der Waals surface area (Å²) in [4.78, 5) is 0. The molecule has 0 saturated heterocycles. The van der Waals surface area contributed by atoms with E-state index in [1.807, 2.05) is 0 Å². The van der Waals surface area contributed by atoms with E-state index in [0.29, 0.717) is 12.5 Å². The Bertz CT molecular complexity index is 64.3. The van der Waals surface area contributed by atoms with E-state index in [2.05, 4.69) is 6.92 Å². The van der Waals surface area contributed by atoms with E-state index in [1.165, 1.54) is 0 Å². The standard InChI is InChI=1S/C8H18O2/c1-3-4-8(7-9)5-6-10-2/h8-9H,3-7H2,1-2H3. The molecule has 2 nitrogen and oxygen atoms in total. The number of hydrogen-bond acceptors (Lipinski definition) is 2. The summed E-state index contributed by atoms with van der Waals surface area (Å²) in [5.41, 5.74) is 0. The van der Waals surface area contributed by atoms with Gasteiger partial charge >= 0.3 is 0 Å². The number of aliphatic hydroxyl groups excluding tert-OH is 1. The van der Waals surface area contributed by atoms with Gasteiger partial charge in [0.1, 0.15) is 0 Å². The van der Waals surface area contributed by atoms with Gasteiger partial charge < -0.3 is 9.84 Å². The maximum absolute atomic E-state index is 8.83. The molecule has 0 rings (SSSR count). The van der Waals surface area contributed by atoms with Crippen molar-refractivity contribution in [1.29, 1.82) is 0 Å². The van der Waals surface area contributed by atoms with Crippen LogP contribution in [0.25, 0.3) is 0 Å². The maximum Gasteiger partial charge on any atom is 0.0465 e. The van der Waals surface area contributed by atoms with Crippen molar-refractivity contribution < 1.29 is 9.84 Å². The van der Waals surface area contributed by atoms with Crippen LogP contribution >= 0.6 is 0 Å². The normalized spacial score (nSPS) is 13.5. The molecule has 0 aromatic rings. The Labute approximate surface area is 63.2 Å². The van der Waals surface area contributed by atoms with Gasteiger partial charge in [-0.1, -0.05) is 13.3 Å². The molecule has 1 atom stereocenters. The highest BCUT2D eigenvalue weighted by Gasteiger charge is 2.04. The van der Waals surface area contributed by atoms with Crippen LogP contribution in [0.5, 0.6) is 0 Å². The summed E-state index contributed by atoms with van der Waals surface area (Å²) in [6.07, 6.45) is 3.25. The van der Waals surface area contributed by atoms with Gasteiger partial charge in [-0.25, -0.2) is 0 Å². The molecule has 0 fully saturated rings. The molecule has 1 N–H and O–H groups in total. The van der Waals surface area contributed by atoms with Gasteiger partial charge in [0, 0.05) is 20.3 Å². The molecule has 10 heavy (non-hydrogen) atoms. The van der Waals surface area contributed by atoms with Crippen LogP contribution in [0.1, 0.15) is 26.2 Å². The van der Waals surface area contributed by atoms with Crippen molar-refractivity contribution in [3.8, 4) is 0 Å². The predicted octanol–water partition coefficient (Wildman–Crippen LogP) is 1.43. The minimum atomic E-state index is 0.303. The molecule has 1 unspecified atom stereocenters. The van der Waals surface area contributed by atoms with Crippen molar-refractivity contribution in [2.45, 2.75) is 26.2 Å². The van der Waals surface area contributed by atoms with Crippen LogP contribution in [0.15, 0.2) is 0 Å². The summed E-state index contributed by atoms with van der Waals surface area (Å²) in [6.45, 7) is 3.21. The SMILES string of the molecule is CCCC(CO)CCOC. The van der Waals surface area contributed by atoms with Crippen molar-refractivity contribution in [2.75, 3.05) is 20.3 Å². The van der Waals surface area contributed by atoms with Crippen LogP contribution in [-0.2, 0) is 4.74 Å². The number of methoxy groups -OCH3 is 1. The molecule has 0 radical (unpaired) electrons. The van der Waals surface area contributed by atoms with Crippen LogP contribution in [0.2, 0.25) is 0 Å². The topological polar surface area (TPSA) is 29.5 Å². The van der Waals surface area contributed by atoms with Crippen LogP contribution in [0.3, 0.4) is 0 Å². The Hall–Kier alpha value is -0.0800. The highest BCUT2D eigenvalue weighted by atomic mass is 16.5. The van der Waals surface area contributed by atoms with E-state index in [1.54, 1.807) is 7.11 Å². The number of rotatable bonds is 6. The molecule has 0 spiro atoms. The van der Waals surface area contributed by atoms with Crippen LogP contribution in [-0.4, -0.2) is 25.4 Å². The van der Waals surface area contributed by atoms with E-state index < -0.39 is 0 Å². The van der Waals surface area contributed by atoms with E-state index in [4.69, 9.17) is 9.84 Å². The average Bonchev–Trinajstić information content (AvgIpc) is 1.98. The Morgan fingerprint density at radius 1 is 1.40 bits per heavy atom. The van der Waals surface area contributed by atoms with Gasteiger partial charge in [-0.05, 0) is 18.8 Å². The molecule has 0 aliphatic carbocycles. The molecule has 0 aliphatic heterocycles. The molecule has 0 aromatic heterocycles. The van der Waals surface area contributed by atoms with Crippen LogP contribution in [0.4, 0.5) is 0 Å². The molecule has 0 heterocycles. The van der Waals surface area contributed by atoms with Gasteiger partial charge in [-0.2, -0.15) is 0 Å². The Morgan fingerprint density at radius 2 is 2.10 bits per heavy atom. The average molecular weight is 146 g/mol. The number of aliphatic hydroxyl groups is 1. The first-order chi connectivity index (χ1) is 4.85. The van der Waals surface area contributed by atoms with Crippen LogP contribution < -0.4 is 0 Å². The summed E-state index contributed by atoms with van der Waals surface area (Å²) in [6, 6.07) is 0. The fourth-order valence-electron chi connectivity index (χ4n) is 1.02. The molecular weight excluding hydrogens is 128 g/mol. The molecule has 2 heteroatoms. The van der Waals surface area contributed by atoms with Crippen molar-refractivity contribution in [2.24, 2.45) is 5.92 Å². The summed E-state index contributed by atoms with van der Waals surface area (Å²) in [7, 11) is 1.69. The molecule has 0 bridgehead atoms. The molecule has 62 valence electrons. The second kappa shape index (κ2) is 7.03. The predicted molar refractivity (Wildman–Crippen MR) is 42.0 cm³/mol. The van der Waals surface area contributed by atoms with Crippen molar-refractivity contribution in [1.82, 2.24) is 0 Å². The Balaban J connectivity index is 3.21. The molecule has 0 aliphatic rings. The zero-order valence-electron chi connectivity index (χ0n) is 6.97. The quantitative estimate of drug-likeness (QED) is 0.614. The molecule has 0 aromatic carbocycles. The number of hydrogen-bond donors (Lipinski definition) is 1. The van der Waals surface area contributed by atoms with Gasteiger partial charge in [0.2, 0.25) is 0 Å². The maximum atomic E-state index is 8.83. The van der Waals surface area contributed by atoms with E-state index in [-0.39, 0.29) is 0 Å². The second-order valence-corrected chi connectivity index (χ2v) is 2.62. The zero-order valence-corrected chi connectivity index (χ0v) is 6.97. The van der Waals surface area contributed by atoms with E-state index in [0.717, 1.165) is 25.9 Å². The first kappa shape index (κ1) is 9.92. The van der Waals surface area contributed by atoms with Crippen molar-refractivity contribution >= 4 is 0 Å². The lowest BCUT2D eigenvalue weighted by Crippen LogP contribution is -2.08. The highest BCUT2D eigenvalue weighted by molar-refractivity contribution is 4.55. The molecule has 0 saturated carbocycles. The summed E-state index contributed by atoms with van der Waals surface area (Å²) < 4.78 is 4.91. The third-order valence-electron chi connectivity index (χ3n) is 1.69. The lowest BCUT2D eigenvalue weighted by Gasteiger charge is -2.10. The highest BCUT2D eigenvalue weighted by Crippen LogP contribution is 2.09. The third-order valence-corrected chi connectivity index (χ3v) is 1.69. The first-order valence-corrected chi connectivity index (χ1v) is 3.95. The Kier molecular flexibility index (Phi) is 6.98. The fourth-order valence-corrected chi connectivity index (χ4v) is 1.02. The van der Waals surface area contributed by atoms with E-state index >= 15 is 0 Å².